The highest BCUT2D eigenvalue weighted by Gasteiger charge is 2.34. The highest BCUT2D eigenvalue weighted by molar-refractivity contribution is 6.31. The Kier molecular flexibility index (Phi) is 7.76. The highest BCUT2D eigenvalue weighted by Crippen LogP contribution is 2.30. The van der Waals surface area contributed by atoms with Crippen LogP contribution < -0.4 is 0 Å². The maximum absolute atomic E-state index is 13.5. The van der Waals surface area contributed by atoms with E-state index in [0.29, 0.717) is 59.2 Å². The number of benzene rings is 1. The molecule has 0 bridgehead atoms. The summed E-state index contributed by atoms with van der Waals surface area (Å²) in [5, 5.41) is 11.2. The van der Waals surface area contributed by atoms with E-state index in [0.717, 1.165) is 24.1 Å². The van der Waals surface area contributed by atoms with Gasteiger partial charge in [0.25, 0.3) is 5.91 Å². The van der Waals surface area contributed by atoms with Crippen molar-refractivity contribution in [3.05, 3.63) is 63.4 Å². The zero-order chi connectivity index (χ0) is 24.2. The van der Waals surface area contributed by atoms with Gasteiger partial charge in [0.05, 0.1) is 23.1 Å². The van der Waals surface area contributed by atoms with Crippen LogP contribution in [0.3, 0.4) is 0 Å². The van der Waals surface area contributed by atoms with Gasteiger partial charge < -0.3 is 19.3 Å². The van der Waals surface area contributed by atoms with Gasteiger partial charge in [-0.15, -0.1) is 0 Å². The van der Waals surface area contributed by atoms with Gasteiger partial charge in [-0.3, -0.25) is 9.59 Å². The molecular weight excluding hydrogens is 477 g/mol. The molecule has 3 heterocycles. The number of carboxylic acids is 1. The van der Waals surface area contributed by atoms with E-state index in [-0.39, 0.29) is 12.5 Å². The summed E-state index contributed by atoms with van der Waals surface area (Å²) < 4.78 is 7.75. The average Bonchev–Trinajstić information content (AvgIpc) is 3.40. The molecule has 0 aliphatic carbocycles. The number of hydrogen-bond donors (Lipinski definition) is 1. The molecule has 1 saturated heterocycles. The van der Waals surface area contributed by atoms with Crippen molar-refractivity contribution in [2.75, 3.05) is 26.3 Å². The number of ether oxygens (including phenoxy) is 1. The van der Waals surface area contributed by atoms with E-state index < -0.39 is 11.9 Å². The van der Waals surface area contributed by atoms with Crippen molar-refractivity contribution in [2.24, 2.45) is 13.0 Å². The highest BCUT2D eigenvalue weighted by atomic mass is 35.5. The van der Waals surface area contributed by atoms with Gasteiger partial charge in [0.2, 0.25) is 0 Å². The van der Waals surface area contributed by atoms with Gasteiger partial charge in [0, 0.05) is 49.0 Å². The third-order valence-electron chi connectivity index (χ3n) is 6.28. The van der Waals surface area contributed by atoms with Gasteiger partial charge in [-0.25, -0.2) is 4.98 Å². The number of carboxylic acid groups (broad SMARTS) is 1. The Hall–Kier alpha value is -2.61. The van der Waals surface area contributed by atoms with Crippen molar-refractivity contribution < 1.29 is 19.4 Å². The maximum Gasteiger partial charge on any atom is 0.308 e. The molecule has 3 aromatic rings. The number of aliphatic carboxylic acids is 1. The van der Waals surface area contributed by atoms with Crippen molar-refractivity contribution in [3.63, 3.8) is 0 Å². The number of carbonyl (C=O) groups is 2. The zero-order valence-corrected chi connectivity index (χ0v) is 20.5. The van der Waals surface area contributed by atoms with Crippen LogP contribution in [0.5, 0.6) is 0 Å². The van der Waals surface area contributed by atoms with Crippen LogP contribution in [0.2, 0.25) is 10.0 Å². The minimum atomic E-state index is -0.868. The Morgan fingerprint density at radius 3 is 2.74 bits per heavy atom. The molecule has 1 aromatic carbocycles. The standard InChI is InChI=1S/C25H27Cl2N3O4/c1-29-21(6-3-10-34-11-8-16-4-2-5-18(26)12-16)22(20-13-19(27)14-28-23(20)29)24(31)30-9-7-17(15-30)25(32)33/h2,4-5,12-14,17H,3,6-11,15H2,1H3,(H,32,33)/t17-/m0/s1. The first-order valence-corrected chi connectivity index (χ1v) is 12.1. The molecule has 0 radical (unpaired) electrons. The van der Waals surface area contributed by atoms with Crippen LogP contribution in [-0.2, 0) is 29.4 Å². The predicted octanol–water partition coefficient (Wildman–Crippen LogP) is 4.62. The van der Waals surface area contributed by atoms with Gasteiger partial charge >= 0.3 is 5.97 Å². The van der Waals surface area contributed by atoms with E-state index >= 15 is 0 Å². The third kappa shape index (κ3) is 5.37. The normalized spacial score (nSPS) is 15.9. The SMILES string of the molecule is Cn1c(CCCOCCc2cccc(Cl)c2)c(C(=O)N2CC[C@H](C(=O)O)C2)c2cc(Cl)cnc21. The quantitative estimate of drug-likeness (QED) is 0.430. The van der Waals surface area contributed by atoms with Crippen molar-refractivity contribution in [3.8, 4) is 0 Å². The molecule has 1 aliphatic heterocycles. The molecule has 1 N–H and O–H groups in total. The number of carbonyl (C=O) groups excluding carboxylic acids is 1. The van der Waals surface area contributed by atoms with Crippen LogP contribution in [0.25, 0.3) is 11.0 Å². The maximum atomic E-state index is 13.5. The Morgan fingerprint density at radius 2 is 2.00 bits per heavy atom. The minimum Gasteiger partial charge on any atom is -0.481 e. The number of hydrogen-bond acceptors (Lipinski definition) is 4. The van der Waals surface area contributed by atoms with E-state index in [1.165, 1.54) is 0 Å². The van der Waals surface area contributed by atoms with Crippen molar-refractivity contribution in [2.45, 2.75) is 25.7 Å². The molecule has 0 unspecified atom stereocenters. The minimum absolute atomic E-state index is 0.171. The number of pyridine rings is 1. The van der Waals surface area contributed by atoms with Crippen LogP contribution in [0, 0.1) is 5.92 Å². The molecule has 1 fully saturated rings. The molecular formula is C25H27Cl2N3O4. The van der Waals surface area contributed by atoms with E-state index in [1.807, 2.05) is 35.9 Å². The fourth-order valence-corrected chi connectivity index (χ4v) is 4.87. The summed E-state index contributed by atoms with van der Waals surface area (Å²) in [6.45, 7) is 1.77. The van der Waals surface area contributed by atoms with Gasteiger partial charge in [-0.1, -0.05) is 35.3 Å². The van der Waals surface area contributed by atoms with Crippen LogP contribution >= 0.6 is 23.2 Å². The van der Waals surface area contributed by atoms with Crippen molar-refractivity contribution in [1.82, 2.24) is 14.5 Å². The fraction of sp³-hybridized carbons (Fsp3) is 0.400. The average molecular weight is 504 g/mol. The summed E-state index contributed by atoms with van der Waals surface area (Å²) in [5.74, 6) is -1.57. The van der Waals surface area contributed by atoms with Gasteiger partial charge in [0.15, 0.2) is 0 Å². The lowest BCUT2D eigenvalue weighted by Crippen LogP contribution is -2.30. The molecule has 0 spiro atoms. The summed E-state index contributed by atoms with van der Waals surface area (Å²) in [6, 6.07) is 9.49. The lowest BCUT2D eigenvalue weighted by Gasteiger charge is -2.17. The van der Waals surface area contributed by atoms with E-state index in [2.05, 4.69) is 4.98 Å². The van der Waals surface area contributed by atoms with E-state index in [9.17, 15) is 14.7 Å². The summed E-state index contributed by atoms with van der Waals surface area (Å²) >= 11 is 12.2. The largest absolute Gasteiger partial charge is 0.481 e. The van der Waals surface area contributed by atoms with Crippen LogP contribution in [-0.4, -0.2) is 57.7 Å². The zero-order valence-electron chi connectivity index (χ0n) is 19.0. The molecule has 1 atom stereocenters. The summed E-state index contributed by atoms with van der Waals surface area (Å²) in [6.07, 6.45) is 4.16. The van der Waals surface area contributed by atoms with Gasteiger partial charge in [-0.2, -0.15) is 0 Å². The molecule has 9 heteroatoms. The molecule has 0 saturated carbocycles. The Balaban J connectivity index is 1.45. The fourth-order valence-electron chi connectivity index (χ4n) is 4.50. The van der Waals surface area contributed by atoms with Crippen molar-refractivity contribution >= 4 is 46.1 Å². The molecule has 1 amide bonds. The lowest BCUT2D eigenvalue weighted by atomic mass is 10.1. The first-order chi connectivity index (χ1) is 16.3. The molecule has 34 heavy (non-hydrogen) atoms. The lowest BCUT2D eigenvalue weighted by molar-refractivity contribution is -0.141. The Labute approximate surface area is 208 Å². The van der Waals surface area contributed by atoms with Gasteiger partial charge in [0.1, 0.15) is 5.65 Å². The molecule has 180 valence electrons. The second-order valence-electron chi connectivity index (χ2n) is 8.58. The molecule has 1 aliphatic rings. The van der Waals surface area contributed by atoms with E-state index in [1.54, 1.807) is 17.2 Å². The first-order valence-electron chi connectivity index (χ1n) is 11.3. The predicted molar refractivity (Wildman–Crippen MR) is 132 cm³/mol. The number of amides is 1. The van der Waals surface area contributed by atoms with Crippen molar-refractivity contribution in [1.29, 1.82) is 0 Å². The summed E-state index contributed by atoms with van der Waals surface area (Å²) in [7, 11) is 1.89. The number of likely N-dealkylation sites (tertiary alicyclic amines) is 1. The van der Waals surface area contributed by atoms with Crippen LogP contribution in [0.15, 0.2) is 36.5 Å². The third-order valence-corrected chi connectivity index (χ3v) is 6.72. The smallest absolute Gasteiger partial charge is 0.308 e. The number of rotatable bonds is 9. The Morgan fingerprint density at radius 1 is 1.18 bits per heavy atom. The van der Waals surface area contributed by atoms with Crippen LogP contribution in [0.1, 0.15) is 34.5 Å². The van der Waals surface area contributed by atoms with E-state index in [4.69, 9.17) is 27.9 Å². The number of aromatic nitrogens is 2. The first kappa shape index (κ1) is 24.5. The topological polar surface area (TPSA) is 84.7 Å². The number of halogens is 2. The monoisotopic (exact) mass is 503 g/mol. The van der Waals surface area contributed by atoms with Crippen LogP contribution in [0.4, 0.5) is 0 Å². The van der Waals surface area contributed by atoms with Gasteiger partial charge in [-0.05, 0) is 49.4 Å². The number of nitrogens with zero attached hydrogens (tertiary/aromatic N) is 3. The second kappa shape index (κ2) is 10.8. The summed E-state index contributed by atoms with van der Waals surface area (Å²) in [4.78, 5) is 30.9. The molecule has 2 aromatic heterocycles. The Bertz CT molecular complexity index is 1210. The molecule has 7 nitrogen and oxygen atoms in total. The molecule has 4 rings (SSSR count). The number of aryl methyl sites for hydroxylation is 1. The number of fused-ring (bicyclic) bond motifs is 1. The summed E-state index contributed by atoms with van der Waals surface area (Å²) in [5.41, 5.74) is 3.21. The second-order valence-corrected chi connectivity index (χ2v) is 9.45.